The second kappa shape index (κ2) is 14.2. The molecule has 0 aliphatic rings. The fourth-order valence-corrected chi connectivity index (χ4v) is 11.1. The zero-order chi connectivity index (χ0) is 41.4. The van der Waals surface area contributed by atoms with Gasteiger partial charge < -0.3 is 9.13 Å². The van der Waals surface area contributed by atoms with Gasteiger partial charge in [-0.2, -0.15) is 0 Å². The summed E-state index contributed by atoms with van der Waals surface area (Å²) in [5.41, 5.74) is 15.6. The molecule has 0 unspecified atom stereocenters. The molecule has 0 spiro atoms. The van der Waals surface area contributed by atoms with Gasteiger partial charge in [0.25, 0.3) is 0 Å². The standard InChI is InChI=1S/C57H35N5S/c1-6-16-48-47(15-1)57-54(53(37-25-29-58-30-26-37)56(63-57)39-27-31-59-32-28-39)55(60-48)38-23-21-36(22-24-38)40-33-41(61-49-17-7-2-11-43(49)44-12-3-8-18-50(44)61)35-42(34-40)62-51-19-9-4-13-45(51)46-14-5-10-20-52(46)62/h1-35H. The lowest BCUT2D eigenvalue weighted by Gasteiger charge is -2.16. The Balaban J connectivity index is 1.05. The van der Waals surface area contributed by atoms with Crippen LogP contribution in [0.15, 0.2) is 213 Å². The molecular formula is C57H35N5S. The second-order valence-corrected chi connectivity index (χ2v) is 17.0. The van der Waals surface area contributed by atoms with E-state index >= 15 is 0 Å². The third-order valence-corrected chi connectivity index (χ3v) is 13.8. The third kappa shape index (κ3) is 5.59. The number of benzene rings is 7. The summed E-state index contributed by atoms with van der Waals surface area (Å²) in [4.78, 5) is 15.4. The maximum Gasteiger partial charge on any atom is 0.0803 e. The number of fused-ring (bicyclic) bond motifs is 9. The van der Waals surface area contributed by atoms with Crippen LogP contribution in [0.3, 0.4) is 0 Å². The Morgan fingerprint density at radius 3 is 1.33 bits per heavy atom. The predicted molar refractivity (Wildman–Crippen MR) is 263 cm³/mol. The molecule has 0 aliphatic carbocycles. The van der Waals surface area contributed by atoms with Gasteiger partial charge in [0.2, 0.25) is 0 Å². The van der Waals surface area contributed by atoms with Crippen LogP contribution in [0.4, 0.5) is 0 Å². The molecular weight excluding hydrogens is 787 g/mol. The first kappa shape index (κ1) is 35.6. The fourth-order valence-electron chi connectivity index (χ4n) is 9.74. The Morgan fingerprint density at radius 2 is 0.810 bits per heavy atom. The Morgan fingerprint density at radius 1 is 0.365 bits per heavy atom. The van der Waals surface area contributed by atoms with E-state index in [1.807, 2.05) is 36.1 Å². The molecule has 0 saturated carbocycles. The maximum absolute atomic E-state index is 5.45. The summed E-state index contributed by atoms with van der Waals surface area (Å²) in [5, 5.41) is 7.24. The van der Waals surface area contributed by atoms with Gasteiger partial charge in [0, 0.05) is 89.2 Å². The normalized spacial score (nSPS) is 11.8. The van der Waals surface area contributed by atoms with E-state index in [1.165, 1.54) is 53.2 Å². The molecule has 294 valence electrons. The van der Waals surface area contributed by atoms with Gasteiger partial charge in [-0.3, -0.25) is 9.97 Å². The lowest BCUT2D eigenvalue weighted by molar-refractivity contribution is 1.13. The first-order valence-electron chi connectivity index (χ1n) is 21.2. The van der Waals surface area contributed by atoms with Gasteiger partial charge in [-0.15, -0.1) is 11.3 Å². The van der Waals surface area contributed by atoms with Crippen LogP contribution in [0, 0.1) is 0 Å². The molecule has 63 heavy (non-hydrogen) atoms. The first-order chi connectivity index (χ1) is 31.3. The largest absolute Gasteiger partial charge is 0.309 e. The lowest BCUT2D eigenvalue weighted by Crippen LogP contribution is -2.00. The molecule has 7 aromatic carbocycles. The highest BCUT2D eigenvalue weighted by molar-refractivity contribution is 7.24. The highest BCUT2D eigenvalue weighted by Crippen LogP contribution is 2.50. The van der Waals surface area contributed by atoms with E-state index in [-0.39, 0.29) is 0 Å². The molecule has 0 fully saturated rings. The van der Waals surface area contributed by atoms with E-state index in [2.05, 4.69) is 207 Å². The SMILES string of the molecule is c1ccc2c(c1)nc(-c1ccc(-c3cc(-n4c5ccccc5c5ccccc54)cc(-n4c5ccccc5c5ccccc54)c3)cc1)c1c(-c3ccncc3)c(-c3ccncc3)sc12. The van der Waals surface area contributed by atoms with Gasteiger partial charge >= 0.3 is 0 Å². The second-order valence-electron chi connectivity index (χ2n) is 16.0. The molecule has 0 amide bonds. The van der Waals surface area contributed by atoms with Gasteiger partial charge in [-0.25, -0.2) is 4.98 Å². The summed E-state index contributed by atoms with van der Waals surface area (Å²) in [7, 11) is 0. The summed E-state index contributed by atoms with van der Waals surface area (Å²) < 4.78 is 6.06. The minimum absolute atomic E-state index is 0.962. The number of thiophene rings is 1. The number of hydrogen-bond donors (Lipinski definition) is 0. The summed E-state index contributed by atoms with van der Waals surface area (Å²) in [5.74, 6) is 0. The summed E-state index contributed by atoms with van der Waals surface area (Å²) >= 11 is 1.82. The third-order valence-electron chi connectivity index (χ3n) is 12.5. The predicted octanol–water partition coefficient (Wildman–Crippen LogP) is 15.1. The Kier molecular flexibility index (Phi) is 8.01. The molecule has 0 N–H and O–H groups in total. The molecule has 5 nitrogen and oxygen atoms in total. The van der Waals surface area contributed by atoms with Crippen molar-refractivity contribution in [3.8, 4) is 55.3 Å². The molecule has 0 saturated heterocycles. The molecule has 6 heteroatoms. The van der Waals surface area contributed by atoms with Crippen molar-refractivity contribution in [1.29, 1.82) is 0 Å². The van der Waals surface area contributed by atoms with Crippen molar-refractivity contribution in [2.45, 2.75) is 0 Å². The van der Waals surface area contributed by atoms with Crippen molar-refractivity contribution in [2.75, 3.05) is 0 Å². The number of para-hydroxylation sites is 5. The minimum atomic E-state index is 0.962. The number of nitrogens with zero attached hydrogens (tertiary/aromatic N) is 5. The van der Waals surface area contributed by atoms with Crippen LogP contribution in [-0.4, -0.2) is 24.1 Å². The molecule has 0 radical (unpaired) electrons. The van der Waals surface area contributed by atoms with Crippen LogP contribution in [0.25, 0.3) is 120 Å². The maximum atomic E-state index is 5.45. The zero-order valence-electron chi connectivity index (χ0n) is 33.9. The van der Waals surface area contributed by atoms with Crippen molar-refractivity contribution in [1.82, 2.24) is 24.1 Å². The van der Waals surface area contributed by atoms with E-state index in [0.29, 0.717) is 0 Å². The average Bonchev–Trinajstić information content (AvgIpc) is 4.03. The van der Waals surface area contributed by atoms with E-state index < -0.39 is 0 Å². The molecule has 6 heterocycles. The van der Waals surface area contributed by atoms with E-state index in [4.69, 9.17) is 4.98 Å². The summed E-state index contributed by atoms with van der Waals surface area (Å²) in [6.07, 6.45) is 7.49. The molecule has 0 atom stereocenters. The number of rotatable bonds is 6. The van der Waals surface area contributed by atoms with Gasteiger partial charge in [-0.1, -0.05) is 115 Å². The topological polar surface area (TPSA) is 48.5 Å². The van der Waals surface area contributed by atoms with Crippen molar-refractivity contribution < 1.29 is 0 Å². The van der Waals surface area contributed by atoms with Gasteiger partial charge in [0.05, 0.1) is 33.3 Å². The van der Waals surface area contributed by atoms with Crippen molar-refractivity contribution in [3.05, 3.63) is 213 Å². The molecule has 0 aliphatic heterocycles. The zero-order valence-corrected chi connectivity index (χ0v) is 34.7. The lowest BCUT2D eigenvalue weighted by atomic mass is 9.94. The first-order valence-corrected chi connectivity index (χ1v) is 22.0. The smallest absolute Gasteiger partial charge is 0.0803 e. The Bertz CT molecular complexity index is 3660. The average molecular weight is 822 g/mol. The van der Waals surface area contributed by atoms with Crippen LogP contribution in [0.5, 0.6) is 0 Å². The van der Waals surface area contributed by atoms with Crippen molar-refractivity contribution in [3.63, 3.8) is 0 Å². The summed E-state index contributed by atoms with van der Waals surface area (Å²) in [6, 6.07) is 67.9. The van der Waals surface area contributed by atoms with Crippen LogP contribution >= 0.6 is 11.3 Å². The van der Waals surface area contributed by atoms with Gasteiger partial charge in [-0.05, 0) is 95.1 Å². The Labute approximate surface area is 366 Å². The van der Waals surface area contributed by atoms with Crippen LogP contribution in [0.1, 0.15) is 0 Å². The Hall–Kier alpha value is -8.19. The molecule has 13 rings (SSSR count). The highest BCUT2D eigenvalue weighted by Gasteiger charge is 2.23. The molecule has 0 bridgehead atoms. The van der Waals surface area contributed by atoms with E-state index in [1.54, 1.807) is 0 Å². The number of pyridine rings is 3. The summed E-state index contributed by atoms with van der Waals surface area (Å²) in [6.45, 7) is 0. The van der Waals surface area contributed by atoms with Crippen molar-refractivity contribution in [2.24, 2.45) is 0 Å². The van der Waals surface area contributed by atoms with Crippen LogP contribution in [-0.2, 0) is 0 Å². The molecule has 6 aromatic heterocycles. The quantitative estimate of drug-likeness (QED) is 0.168. The van der Waals surface area contributed by atoms with E-state index in [9.17, 15) is 0 Å². The minimum Gasteiger partial charge on any atom is -0.309 e. The van der Waals surface area contributed by atoms with Crippen molar-refractivity contribution >= 4 is 75.9 Å². The highest BCUT2D eigenvalue weighted by atomic mass is 32.1. The number of aromatic nitrogens is 5. The fraction of sp³-hybridized carbons (Fsp3) is 0. The van der Waals surface area contributed by atoms with Crippen LogP contribution < -0.4 is 0 Å². The van der Waals surface area contributed by atoms with Crippen LogP contribution in [0.2, 0.25) is 0 Å². The van der Waals surface area contributed by atoms with Gasteiger partial charge in [0.1, 0.15) is 0 Å². The molecule has 13 aromatic rings. The monoisotopic (exact) mass is 821 g/mol. The van der Waals surface area contributed by atoms with E-state index in [0.717, 1.165) is 66.7 Å². The number of hydrogen-bond acceptors (Lipinski definition) is 4. The van der Waals surface area contributed by atoms with Gasteiger partial charge in [0.15, 0.2) is 0 Å².